The summed E-state index contributed by atoms with van der Waals surface area (Å²) < 4.78 is 5.31. The van der Waals surface area contributed by atoms with Crippen molar-refractivity contribution < 1.29 is 14.3 Å². The molecule has 1 aromatic heterocycles. The van der Waals surface area contributed by atoms with Crippen molar-refractivity contribution in [2.24, 2.45) is 5.92 Å². The van der Waals surface area contributed by atoms with E-state index < -0.39 is 0 Å². The first-order valence-corrected chi connectivity index (χ1v) is 11.6. The molecule has 1 saturated carbocycles. The van der Waals surface area contributed by atoms with E-state index in [9.17, 15) is 9.59 Å². The Morgan fingerprint density at radius 2 is 1.96 bits per heavy atom. The zero-order chi connectivity index (χ0) is 20.3. The number of nitrogens with zero attached hydrogens (tertiary/aromatic N) is 1. The fraction of sp³-hybridized carbons (Fsp3) is 0.727. The minimum absolute atomic E-state index is 0.0368. The van der Waals surface area contributed by atoms with Crippen molar-refractivity contribution >= 4 is 28.2 Å². The number of likely N-dealkylation sites (N-methyl/N-ethyl adjacent to an activating group) is 1. The van der Waals surface area contributed by atoms with Gasteiger partial charge in [0, 0.05) is 10.9 Å². The highest BCUT2D eigenvalue weighted by Gasteiger charge is 2.31. The van der Waals surface area contributed by atoms with Gasteiger partial charge in [0.1, 0.15) is 5.00 Å². The molecule has 5 nitrogen and oxygen atoms in total. The van der Waals surface area contributed by atoms with Gasteiger partial charge >= 0.3 is 5.97 Å². The molecule has 28 heavy (non-hydrogen) atoms. The monoisotopic (exact) mass is 406 g/mol. The average molecular weight is 407 g/mol. The number of hydrogen-bond acceptors (Lipinski definition) is 5. The smallest absolute Gasteiger partial charge is 0.341 e. The third-order valence-corrected chi connectivity index (χ3v) is 7.54. The first-order valence-electron chi connectivity index (χ1n) is 10.8. The molecule has 0 bridgehead atoms. The van der Waals surface area contributed by atoms with Gasteiger partial charge in [0.15, 0.2) is 0 Å². The quantitative estimate of drug-likeness (QED) is 0.699. The Kier molecular flexibility index (Phi) is 7.15. The SMILES string of the molecule is CCOC(=O)c1c(NC(=O)C(C)N(C)C2CCCCC2)sc2c1CCC(C)C2. The lowest BCUT2D eigenvalue weighted by atomic mass is 9.88. The van der Waals surface area contributed by atoms with Crippen LogP contribution in [0.25, 0.3) is 0 Å². The molecule has 2 atom stereocenters. The Morgan fingerprint density at radius 3 is 2.64 bits per heavy atom. The maximum atomic E-state index is 13.0. The summed E-state index contributed by atoms with van der Waals surface area (Å²) in [7, 11) is 2.05. The summed E-state index contributed by atoms with van der Waals surface area (Å²) in [5, 5.41) is 3.75. The van der Waals surface area contributed by atoms with Crippen molar-refractivity contribution in [1.82, 2.24) is 4.90 Å². The van der Waals surface area contributed by atoms with Crippen LogP contribution < -0.4 is 5.32 Å². The van der Waals surface area contributed by atoms with Crippen LogP contribution in [-0.4, -0.2) is 42.5 Å². The van der Waals surface area contributed by atoms with E-state index in [-0.39, 0.29) is 17.9 Å². The largest absolute Gasteiger partial charge is 0.462 e. The molecular weight excluding hydrogens is 372 g/mol. The highest BCUT2D eigenvalue weighted by molar-refractivity contribution is 7.17. The lowest BCUT2D eigenvalue weighted by molar-refractivity contribution is -0.121. The average Bonchev–Trinajstić information content (AvgIpc) is 3.04. The van der Waals surface area contributed by atoms with Crippen molar-refractivity contribution in [3.8, 4) is 0 Å². The topological polar surface area (TPSA) is 58.6 Å². The summed E-state index contributed by atoms with van der Waals surface area (Å²) in [5.41, 5.74) is 1.68. The fourth-order valence-electron chi connectivity index (χ4n) is 4.46. The van der Waals surface area contributed by atoms with Crippen LogP contribution in [0.3, 0.4) is 0 Å². The van der Waals surface area contributed by atoms with Crippen LogP contribution >= 0.6 is 11.3 Å². The summed E-state index contributed by atoms with van der Waals surface area (Å²) in [4.78, 5) is 29.1. The number of anilines is 1. The van der Waals surface area contributed by atoms with Gasteiger partial charge in [-0.25, -0.2) is 4.79 Å². The van der Waals surface area contributed by atoms with Gasteiger partial charge in [-0.3, -0.25) is 9.69 Å². The van der Waals surface area contributed by atoms with E-state index in [4.69, 9.17) is 4.74 Å². The Bertz CT molecular complexity index is 709. The van der Waals surface area contributed by atoms with Crippen LogP contribution in [0, 0.1) is 5.92 Å². The van der Waals surface area contributed by atoms with Crippen LogP contribution in [0.4, 0.5) is 5.00 Å². The second-order valence-electron chi connectivity index (χ2n) is 8.40. The molecule has 156 valence electrons. The van der Waals surface area contributed by atoms with Crippen LogP contribution in [0.2, 0.25) is 0 Å². The number of rotatable bonds is 6. The maximum Gasteiger partial charge on any atom is 0.341 e. The van der Waals surface area contributed by atoms with Gasteiger partial charge in [0.2, 0.25) is 5.91 Å². The molecule has 0 radical (unpaired) electrons. The first kappa shape index (κ1) is 21.3. The van der Waals surface area contributed by atoms with E-state index in [0.717, 1.165) is 37.7 Å². The van der Waals surface area contributed by atoms with Crippen LogP contribution in [-0.2, 0) is 22.4 Å². The van der Waals surface area contributed by atoms with E-state index in [1.54, 1.807) is 11.3 Å². The molecule has 0 spiro atoms. The van der Waals surface area contributed by atoms with Gasteiger partial charge in [0.25, 0.3) is 0 Å². The van der Waals surface area contributed by atoms with Crippen LogP contribution in [0.15, 0.2) is 0 Å². The Morgan fingerprint density at radius 1 is 1.25 bits per heavy atom. The molecule has 1 heterocycles. The molecule has 2 aliphatic carbocycles. The Labute approximate surface area is 172 Å². The van der Waals surface area contributed by atoms with Crippen molar-refractivity contribution in [3.63, 3.8) is 0 Å². The van der Waals surface area contributed by atoms with E-state index in [1.165, 1.54) is 24.1 Å². The molecule has 2 aliphatic rings. The van der Waals surface area contributed by atoms with Gasteiger partial charge in [-0.1, -0.05) is 26.2 Å². The third kappa shape index (κ3) is 4.60. The lowest BCUT2D eigenvalue weighted by Gasteiger charge is -2.34. The number of nitrogens with one attached hydrogen (secondary N) is 1. The molecule has 0 aliphatic heterocycles. The maximum absolute atomic E-state index is 13.0. The van der Waals surface area contributed by atoms with Crippen LogP contribution in [0.1, 0.15) is 80.1 Å². The van der Waals surface area contributed by atoms with E-state index >= 15 is 0 Å². The molecule has 0 aromatic carbocycles. The molecule has 6 heteroatoms. The van der Waals surface area contributed by atoms with Crippen molar-refractivity contribution in [1.29, 1.82) is 0 Å². The van der Waals surface area contributed by atoms with E-state index in [0.29, 0.717) is 29.1 Å². The molecule has 2 unspecified atom stereocenters. The zero-order valence-electron chi connectivity index (χ0n) is 17.7. The minimum Gasteiger partial charge on any atom is -0.462 e. The second kappa shape index (κ2) is 9.40. The summed E-state index contributed by atoms with van der Waals surface area (Å²) in [6, 6.07) is 0.243. The standard InChI is InChI=1S/C22H34N2O3S/c1-5-27-22(26)19-17-12-11-14(2)13-18(17)28-21(19)23-20(25)15(3)24(4)16-9-7-6-8-10-16/h14-16H,5-13H2,1-4H3,(H,23,25). The molecule has 0 saturated heterocycles. The van der Waals surface area contributed by atoms with E-state index in [1.807, 2.05) is 20.9 Å². The number of carbonyl (C=O) groups excluding carboxylic acids is 2. The number of amides is 1. The Balaban J connectivity index is 1.78. The number of esters is 1. The van der Waals surface area contributed by atoms with Crippen molar-refractivity contribution in [2.45, 2.75) is 84.2 Å². The van der Waals surface area contributed by atoms with Gasteiger partial charge in [-0.15, -0.1) is 11.3 Å². The molecule has 3 rings (SSSR count). The normalized spacial score (nSPS) is 21.2. The fourth-order valence-corrected chi connectivity index (χ4v) is 5.87. The Hall–Kier alpha value is -1.40. The minimum atomic E-state index is -0.307. The van der Waals surface area contributed by atoms with Gasteiger partial charge in [0.05, 0.1) is 18.2 Å². The summed E-state index contributed by atoms with van der Waals surface area (Å²) >= 11 is 1.56. The van der Waals surface area contributed by atoms with Crippen molar-refractivity contribution in [3.05, 3.63) is 16.0 Å². The summed E-state index contributed by atoms with van der Waals surface area (Å²) in [5.74, 6) is 0.268. The van der Waals surface area contributed by atoms with Crippen LogP contribution in [0.5, 0.6) is 0 Å². The van der Waals surface area contributed by atoms with Gasteiger partial charge in [-0.2, -0.15) is 0 Å². The number of thiophene rings is 1. The molecule has 1 N–H and O–H groups in total. The molecule has 1 aromatic rings. The number of fused-ring (bicyclic) bond motifs is 1. The first-order chi connectivity index (χ1) is 13.4. The highest BCUT2D eigenvalue weighted by atomic mass is 32.1. The third-order valence-electron chi connectivity index (χ3n) is 6.37. The summed E-state index contributed by atoms with van der Waals surface area (Å²) in [6.07, 6.45) is 9.03. The zero-order valence-corrected chi connectivity index (χ0v) is 18.5. The van der Waals surface area contributed by atoms with Crippen molar-refractivity contribution in [2.75, 3.05) is 19.0 Å². The lowest BCUT2D eigenvalue weighted by Crippen LogP contribution is -2.46. The summed E-state index contributed by atoms with van der Waals surface area (Å²) in [6.45, 7) is 6.36. The number of ether oxygens (including phenoxy) is 1. The second-order valence-corrected chi connectivity index (χ2v) is 9.50. The number of carbonyl (C=O) groups is 2. The molecule has 1 fully saturated rings. The number of hydrogen-bond donors (Lipinski definition) is 1. The van der Waals surface area contributed by atoms with E-state index in [2.05, 4.69) is 17.1 Å². The highest BCUT2D eigenvalue weighted by Crippen LogP contribution is 2.40. The molecule has 1 amide bonds. The molecular formula is C22H34N2O3S. The van der Waals surface area contributed by atoms with Gasteiger partial charge in [-0.05, 0) is 64.5 Å². The van der Waals surface area contributed by atoms with Gasteiger partial charge < -0.3 is 10.1 Å². The predicted octanol–water partition coefficient (Wildman–Crippen LogP) is 4.64. The predicted molar refractivity (Wildman–Crippen MR) is 114 cm³/mol.